The molecule has 3 amide bonds. The molecule has 1 aliphatic rings. The quantitative estimate of drug-likeness (QED) is 0.842. The largest absolute Gasteiger partial charge is 0.338 e. The molecular formula is C22H31N5O2. The lowest BCUT2D eigenvalue weighted by Crippen LogP contribution is -2.45. The summed E-state index contributed by atoms with van der Waals surface area (Å²) in [5, 5.41) is 2.94. The predicted molar refractivity (Wildman–Crippen MR) is 112 cm³/mol. The second-order valence-corrected chi connectivity index (χ2v) is 7.83. The van der Waals surface area contributed by atoms with Crippen LogP contribution in [0.25, 0.3) is 0 Å². The average molecular weight is 398 g/mol. The Hall–Kier alpha value is -2.67. The highest BCUT2D eigenvalue weighted by atomic mass is 16.2. The summed E-state index contributed by atoms with van der Waals surface area (Å²) in [5.41, 5.74) is 1.12. The van der Waals surface area contributed by atoms with Crippen molar-refractivity contribution < 1.29 is 9.59 Å². The van der Waals surface area contributed by atoms with Crippen LogP contribution in [0.4, 0.5) is 4.79 Å². The van der Waals surface area contributed by atoms with Gasteiger partial charge in [-0.1, -0.05) is 30.3 Å². The lowest BCUT2D eigenvalue weighted by atomic mass is 9.80. The number of carbonyl (C=O) groups is 2. The summed E-state index contributed by atoms with van der Waals surface area (Å²) >= 11 is 0. The molecule has 3 rings (SSSR count). The van der Waals surface area contributed by atoms with E-state index < -0.39 is 0 Å². The van der Waals surface area contributed by atoms with Crippen molar-refractivity contribution in [1.82, 2.24) is 24.7 Å². The van der Waals surface area contributed by atoms with Crippen LogP contribution in [0.2, 0.25) is 0 Å². The zero-order chi connectivity index (χ0) is 20.7. The molecule has 0 aliphatic carbocycles. The van der Waals surface area contributed by atoms with Crippen LogP contribution in [-0.4, -0.2) is 58.5 Å². The molecule has 0 saturated carbocycles. The highest BCUT2D eigenvalue weighted by Crippen LogP contribution is 2.37. The molecule has 7 nitrogen and oxygen atoms in total. The molecule has 0 spiro atoms. The highest BCUT2D eigenvalue weighted by molar-refractivity contribution is 5.94. The lowest BCUT2D eigenvalue weighted by Gasteiger charge is -2.41. The molecule has 1 aromatic heterocycles. The van der Waals surface area contributed by atoms with Gasteiger partial charge in [-0.2, -0.15) is 0 Å². The minimum Gasteiger partial charge on any atom is -0.338 e. The van der Waals surface area contributed by atoms with Gasteiger partial charge in [0.1, 0.15) is 0 Å². The van der Waals surface area contributed by atoms with E-state index in [-0.39, 0.29) is 17.5 Å². The number of urea groups is 1. The van der Waals surface area contributed by atoms with Crippen LogP contribution in [0.1, 0.15) is 37.7 Å². The molecule has 156 valence electrons. The Morgan fingerprint density at radius 3 is 2.55 bits per heavy atom. The number of aromatic nitrogens is 2. The molecule has 1 fully saturated rings. The van der Waals surface area contributed by atoms with Gasteiger partial charge in [0.2, 0.25) is 5.91 Å². The summed E-state index contributed by atoms with van der Waals surface area (Å²) in [6.45, 7) is 1.44. The van der Waals surface area contributed by atoms with Gasteiger partial charge < -0.3 is 9.88 Å². The van der Waals surface area contributed by atoms with Crippen molar-refractivity contribution in [3.63, 3.8) is 0 Å². The van der Waals surface area contributed by atoms with Crippen LogP contribution >= 0.6 is 0 Å². The van der Waals surface area contributed by atoms with Gasteiger partial charge in [-0.05, 0) is 45.3 Å². The van der Waals surface area contributed by atoms with Gasteiger partial charge >= 0.3 is 6.03 Å². The summed E-state index contributed by atoms with van der Waals surface area (Å²) < 4.78 is 1.87. The minimum atomic E-state index is -0.299. The SMILES string of the molecule is CN(C)[C@@]1(c2ccccc2)CCCNC(=O)N(CCn2ccnc2)C(=O)CCC1. The lowest BCUT2D eigenvalue weighted by molar-refractivity contribution is -0.128. The van der Waals surface area contributed by atoms with Crippen molar-refractivity contribution in [2.75, 3.05) is 27.2 Å². The van der Waals surface area contributed by atoms with Crippen LogP contribution in [0, 0.1) is 0 Å². The predicted octanol–water partition coefficient (Wildman–Crippen LogP) is 2.84. The van der Waals surface area contributed by atoms with Gasteiger partial charge in [-0.15, -0.1) is 0 Å². The normalized spacial score (nSPS) is 21.7. The first-order valence-electron chi connectivity index (χ1n) is 10.3. The number of carbonyl (C=O) groups excluding carboxylic acids is 2. The maximum Gasteiger partial charge on any atom is 0.324 e. The molecule has 0 radical (unpaired) electrons. The van der Waals surface area contributed by atoms with Crippen molar-refractivity contribution in [1.29, 1.82) is 0 Å². The second kappa shape index (κ2) is 9.69. The Labute approximate surface area is 172 Å². The number of rotatable bonds is 5. The van der Waals surface area contributed by atoms with Crippen molar-refractivity contribution in [3.05, 3.63) is 54.6 Å². The number of nitrogens with zero attached hydrogens (tertiary/aromatic N) is 4. The van der Waals surface area contributed by atoms with Crippen LogP contribution < -0.4 is 5.32 Å². The van der Waals surface area contributed by atoms with Gasteiger partial charge in [0.15, 0.2) is 0 Å². The topological polar surface area (TPSA) is 70.5 Å². The molecule has 2 aromatic rings. The van der Waals surface area contributed by atoms with E-state index in [2.05, 4.69) is 53.6 Å². The summed E-state index contributed by atoms with van der Waals surface area (Å²) in [6, 6.07) is 10.2. The molecular weight excluding hydrogens is 366 g/mol. The van der Waals surface area contributed by atoms with Gasteiger partial charge in [0, 0.05) is 44.0 Å². The molecule has 1 atom stereocenters. The second-order valence-electron chi connectivity index (χ2n) is 7.83. The van der Waals surface area contributed by atoms with E-state index in [9.17, 15) is 9.59 Å². The Morgan fingerprint density at radius 2 is 1.86 bits per heavy atom. The van der Waals surface area contributed by atoms with Gasteiger partial charge in [-0.3, -0.25) is 14.6 Å². The van der Waals surface area contributed by atoms with Crippen LogP contribution in [0.5, 0.6) is 0 Å². The van der Waals surface area contributed by atoms with Crippen molar-refractivity contribution in [2.24, 2.45) is 0 Å². The molecule has 0 unspecified atom stereocenters. The summed E-state index contributed by atoms with van der Waals surface area (Å²) in [7, 11) is 4.20. The Bertz CT molecular complexity index is 791. The third-order valence-electron chi connectivity index (χ3n) is 5.88. The standard InChI is InChI=1S/C22H31N5O2/c1-25(2)22(19-8-4-3-5-9-19)11-6-10-20(28)27(21(29)24-13-7-12-22)17-16-26-15-14-23-18-26/h3-5,8-9,14-15,18H,6-7,10-13,16-17H2,1-2H3,(H,24,29)/t22-/m1/s1. The van der Waals surface area contributed by atoms with Crippen molar-refractivity contribution >= 4 is 11.9 Å². The van der Waals surface area contributed by atoms with Crippen molar-refractivity contribution in [3.8, 4) is 0 Å². The van der Waals surface area contributed by atoms with E-state index in [0.717, 1.165) is 25.7 Å². The maximum atomic E-state index is 12.9. The fourth-order valence-corrected chi connectivity index (χ4v) is 4.18. The molecule has 0 bridgehead atoms. The Balaban J connectivity index is 1.75. The van der Waals surface area contributed by atoms with E-state index >= 15 is 0 Å². The molecule has 1 aliphatic heterocycles. The highest BCUT2D eigenvalue weighted by Gasteiger charge is 2.35. The van der Waals surface area contributed by atoms with Crippen LogP contribution in [0.3, 0.4) is 0 Å². The molecule has 2 heterocycles. The number of benzene rings is 1. The molecule has 29 heavy (non-hydrogen) atoms. The number of imidazole rings is 1. The van der Waals surface area contributed by atoms with Gasteiger partial charge in [0.05, 0.1) is 6.33 Å². The first kappa shape index (κ1) is 21.0. The number of imide groups is 1. The van der Waals surface area contributed by atoms with E-state index in [1.54, 1.807) is 12.5 Å². The number of hydrogen-bond donors (Lipinski definition) is 1. The zero-order valence-electron chi connectivity index (χ0n) is 17.4. The Kier molecular flexibility index (Phi) is 7.04. The monoisotopic (exact) mass is 397 g/mol. The summed E-state index contributed by atoms with van der Waals surface area (Å²) in [4.78, 5) is 33.1. The third-order valence-corrected chi connectivity index (χ3v) is 5.88. The van der Waals surface area contributed by atoms with Crippen molar-refractivity contribution in [2.45, 2.75) is 44.2 Å². The van der Waals surface area contributed by atoms with Gasteiger partial charge in [0.25, 0.3) is 0 Å². The fraction of sp³-hybridized carbons (Fsp3) is 0.500. The minimum absolute atomic E-state index is 0.120. The summed E-state index contributed by atoms with van der Waals surface area (Å²) in [5.74, 6) is -0.120. The molecule has 1 saturated heterocycles. The zero-order valence-corrected chi connectivity index (χ0v) is 17.4. The third kappa shape index (κ3) is 5.03. The van der Waals surface area contributed by atoms with E-state index in [1.165, 1.54) is 10.5 Å². The van der Waals surface area contributed by atoms with E-state index in [1.807, 2.05) is 16.8 Å². The smallest absolute Gasteiger partial charge is 0.324 e. The van der Waals surface area contributed by atoms with Gasteiger partial charge in [-0.25, -0.2) is 9.78 Å². The van der Waals surface area contributed by atoms with E-state index in [4.69, 9.17) is 0 Å². The first-order chi connectivity index (χ1) is 14.0. The first-order valence-corrected chi connectivity index (χ1v) is 10.3. The summed E-state index contributed by atoms with van der Waals surface area (Å²) in [6.07, 6.45) is 8.97. The van der Waals surface area contributed by atoms with Crippen LogP contribution in [-0.2, 0) is 16.9 Å². The van der Waals surface area contributed by atoms with Crippen LogP contribution in [0.15, 0.2) is 49.1 Å². The maximum absolute atomic E-state index is 12.9. The van der Waals surface area contributed by atoms with E-state index in [0.29, 0.717) is 26.1 Å². The number of hydrogen-bond acceptors (Lipinski definition) is 4. The number of amides is 3. The average Bonchev–Trinajstić information content (AvgIpc) is 3.23. The number of nitrogens with one attached hydrogen (secondary N) is 1. The fourth-order valence-electron chi connectivity index (χ4n) is 4.18. The molecule has 1 aromatic carbocycles. The molecule has 7 heteroatoms. The Morgan fingerprint density at radius 1 is 1.10 bits per heavy atom. The molecule has 1 N–H and O–H groups in total.